The molecule has 0 aromatic heterocycles. The van der Waals surface area contributed by atoms with E-state index in [2.05, 4.69) is 26.2 Å². The van der Waals surface area contributed by atoms with E-state index >= 15 is 0 Å². The van der Waals surface area contributed by atoms with Crippen LogP contribution in [-0.2, 0) is 14.4 Å². The summed E-state index contributed by atoms with van der Waals surface area (Å²) in [6, 6.07) is 13.3. The van der Waals surface area contributed by atoms with Crippen molar-refractivity contribution in [3.05, 3.63) is 52.6 Å². The Morgan fingerprint density at radius 2 is 1.71 bits per heavy atom. The molecule has 2 fully saturated rings. The van der Waals surface area contributed by atoms with Gasteiger partial charge < -0.3 is 31.1 Å². The number of carbonyl (C=O) groups is 4. The maximum absolute atomic E-state index is 13.1. The van der Waals surface area contributed by atoms with Crippen molar-refractivity contribution in [2.24, 2.45) is 0 Å². The van der Waals surface area contributed by atoms with E-state index in [4.69, 9.17) is 0 Å². The van der Waals surface area contributed by atoms with Crippen LogP contribution in [0.4, 0.5) is 5.69 Å². The van der Waals surface area contributed by atoms with E-state index < -0.39 is 11.2 Å². The molecule has 0 bridgehead atoms. The van der Waals surface area contributed by atoms with Crippen molar-refractivity contribution in [2.75, 3.05) is 57.7 Å². The highest BCUT2D eigenvalue weighted by molar-refractivity contribution is 8.04. The molecular formula is C30H37N7O4S. The standard InChI is InChI=1S/C30H37N7O4S/c1-3-37-29(41)26(42-30(37)25(18-31)28(40)33-11-10-32-20(2)38)19-35-24-9-8-21-16-23(7-6-22(21)17-24)27(39)34-12-15-36-13-4-5-14-36/h6-9,16-17,26,35H,3-5,10-15,19H2,1-2H3,(H,32,38)(H,33,40)(H,34,39)/b30-25-/t26-/m1/s1. The van der Waals surface area contributed by atoms with Gasteiger partial charge in [0, 0.05) is 57.4 Å². The van der Waals surface area contributed by atoms with Gasteiger partial charge in [-0.15, -0.1) is 0 Å². The monoisotopic (exact) mass is 591 g/mol. The van der Waals surface area contributed by atoms with Crippen LogP contribution in [0, 0.1) is 11.3 Å². The minimum Gasteiger partial charge on any atom is -0.383 e. The molecule has 12 heteroatoms. The minimum absolute atomic E-state index is 0.0856. The largest absolute Gasteiger partial charge is 0.383 e. The number of carbonyl (C=O) groups excluding carboxylic acids is 4. The highest BCUT2D eigenvalue weighted by Crippen LogP contribution is 2.37. The van der Waals surface area contributed by atoms with Crippen molar-refractivity contribution in [1.82, 2.24) is 25.8 Å². The second-order valence-corrected chi connectivity index (χ2v) is 11.4. The van der Waals surface area contributed by atoms with Gasteiger partial charge in [0.2, 0.25) is 11.8 Å². The Morgan fingerprint density at radius 1 is 1.00 bits per heavy atom. The summed E-state index contributed by atoms with van der Waals surface area (Å²) >= 11 is 1.19. The first-order valence-electron chi connectivity index (χ1n) is 14.2. The van der Waals surface area contributed by atoms with Crippen molar-refractivity contribution in [3.63, 3.8) is 0 Å². The van der Waals surface area contributed by atoms with Crippen molar-refractivity contribution in [1.29, 1.82) is 5.26 Å². The van der Waals surface area contributed by atoms with Crippen LogP contribution in [-0.4, -0.2) is 91.0 Å². The van der Waals surface area contributed by atoms with Crippen molar-refractivity contribution < 1.29 is 19.2 Å². The lowest BCUT2D eigenvalue weighted by atomic mass is 10.1. The molecule has 0 saturated carbocycles. The molecule has 2 aromatic rings. The van der Waals surface area contributed by atoms with Crippen LogP contribution in [0.1, 0.15) is 37.0 Å². The fourth-order valence-corrected chi connectivity index (χ4v) is 6.25. The summed E-state index contributed by atoms with van der Waals surface area (Å²) in [6.07, 6.45) is 2.45. The smallest absolute Gasteiger partial charge is 0.264 e. The Kier molecular flexibility index (Phi) is 10.8. The summed E-state index contributed by atoms with van der Waals surface area (Å²) in [4.78, 5) is 53.3. The van der Waals surface area contributed by atoms with Gasteiger partial charge in [0.25, 0.3) is 11.8 Å². The van der Waals surface area contributed by atoms with Gasteiger partial charge in [-0.2, -0.15) is 5.26 Å². The maximum atomic E-state index is 13.1. The van der Waals surface area contributed by atoms with Gasteiger partial charge in [-0.05, 0) is 67.9 Å². The SMILES string of the molecule is CCN1C(=O)[C@@H](CNc2ccc3cc(C(=O)NCCN4CCCC4)ccc3c2)S/C1=C(/C#N)C(=O)NCCNC(C)=O. The van der Waals surface area contributed by atoms with Crippen molar-refractivity contribution >= 4 is 51.9 Å². The summed E-state index contributed by atoms with van der Waals surface area (Å²) in [5.74, 6) is -1.06. The summed E-state index contributed by atoms with van der Waals surface area (Å²) < 4.78 is 0. The van der Waals surface area contributed by atoms with Crippen LogP contribution < -0.4 is 21.3 Å². The quantitative estimate of drug-likeness (QED) is 0.167. The first-order valence-corrected chi connectivity index (χ1v) is 15.1. The Balaban J connectivity index is 1.35. The van der Waals surface area contributed by atoms with E-state index in [9.17, 15) is 24.4 Å². The van der Waals surface area contributed by atoms with Crippen LogP contribution in [0.3, 0.4) is 0 Å². The predicted octanol–water partition coefficient (Wildman–Crippen LogP) is 2.03. The van der Waals surface area contributed by atoms with E-state index in [1.807, 2.05) is 42.5 Å². The third kappa shape index (κ3) is 7.80. The lowest BCUT2D eigenvalue weighted by molar-refractivity contribution is -0.127. The van der Waals surface area contributed by atoms with Crippen molar-refractivity contribution in [3.8, 4) is 6.07 Å². The van der Waals surface area contributed by atoms with Gasteiger partial charge in [-0.3, -0.25) is 19.2 Å². The van der Waals surface area contributed by atoms with Gasteiger partial charge in [0.1, 0.15) is 21.9 Å². The zero-order chi connectivity index (χ0) is 30.1. The number of nitrogens with zero attached hydrogens (tertiary/aromatic N) is 3. The molecule has 2 heterocycles. The summed E-state index contributed by atoms with van der Waals surface area (Å²) in [6.45, 7) is 7.91. The fraction of sp³-hybridized carbons (Fsp3) is 0.433. The normalized spacial score (nSPS) is 18.1. The van der Waals surface area contributed by atoms with E-state index in [-0.39, 0.29) is 36.4 Å². The number of thioether (sulfide) groups is 1. The maximum Gasteiger partial charge on any atom is 0.264 e. The van der Waals surface area contributed by atoms with Crippen LogP contribution in [0.5, 0.6) is 0 Å². The highest BCUT2D eigenvalue weighted by atomic mass is 32.2. The van der Waals surface area contributed by atoms with Gasteiger partial charge >= 0.3 is 0 Å². The average molecular weight is 592 g/mol. The molecule has 2 aliphatic heterocycles. The molecule has 2 saturated heterocycles. The van der Waals surface area contributed by atoms with E-state index in [1.54, 1.807) is 6.92 Å². The predicted molar refractivity (Wildman–Crippen MR) is 164 cm³/mol. The average Bonchev–Trinajstić information content (AvgIpc) is 3.61. The third-order valence-electron chi connectivity index (χ3n) is 7.20. The summed E-state index contributed by atoms with van der Waals surface area (Å²) in [7, 11) is 0. The molecule has 1 atom stereocenters. The van der Waals surface area contributed by atoms with Gasteiger partial charge in [-0.25, -0.2) is 0 Å². The molecular weight excluding hydrogens is 554 g/mol. The first-order chi connectivity index (χ1) is 20.3. The Morgan fingerprint density at radius 3 is 2.43 bits per heavy atom. The molecule has 222 valence electrons. The number of amides is 4. The Hall–Kier alpha value is -4.08. The number of hydrogen-bond donors (Lipinski definition) is 4. The molecule has 4 N–H and O–H groups in total. The van der Waals surface area contributed by atoms with E-state index in [1.165, 1.54) is 36.4 Å². The van der Waals surface area contributed by atoms with Gasteiger partial charge in [0.05, 0.1) is 0 Å². The lowest BCUT2D eigenvalue weighted by Gasteiger charge is -2.16. The summed E-state index contributed by atoms with van der Waals surface area (Å²) in [5.41, 5.74) is 1.31. The highest BCUT2D eigenvalue weighted by Gasteiger charge is 2.38. The molecule has 2 aliphatic rings. The third-order valence-corrected chi connectivity index (χ3v) is 8.50. The molecule has 0 spiro atoms. The second kappa shape index (κ2) is 14.7. The van der Waals surface area contributed by atoms with Crippen LogP contribution >= 0.6 is 11.8 Å². The first kappa shape index (κ1) is 30.9. The number of hydrogen-bond acceptors (Lipinski definition) is 8. The van der Waals surface area contributed by atoms with Gasteiger partial charge in [-0.1, -0.05) is 23.9 Å². The van der Waals surface area contributed by atoms with Crippen molar-refractivity contribution in [2.45, 2.75) is 31.9 Å². The molecule has 42 heavy (non-hydrogen) atoms. The number of rotatable bonds is 12. The number of fused-ring (bicyclic) bond motifs is 1. The zero-order valence-electron chi connectivity index (χ0n) is 24.0. The Labute approximate surface area is 250 Å². The van der Waals surface area contributed by atoms with E-state index in [0.29, 0.717) is 30.2 Å². The number of benzene rings is 2. The number of anilines is 1. The van der Waals surface area contributed by atoms with Crippen LogP contribution in [0.15, 0.2) is 47.0 Å². The molecule has 11 nitrogen and oxygen atoms in total. The molecule has 4 rings (SSSR count). The molecule has 2 aromatic carbocycles. The second-order valence-electron chi connectivity index (χ2n) is 10.2. The summed E-state index contributed by atoms with van der Waals surface area (Å²) in [5, 5.41) is 22.9. The number of likely N-dealkylation sites (tertiary alicyclic amines) is 1. The molecule has 4 amide bonds. The topological polar surface area (TPSA) is 147 Å². The van der Waals surface area contributed by atoms with E-state index in [0.717, 1.165) is 36.1 Å². The molecule has 0 radical (unpaired) electrons. The van der Waals surface area contributed by atoms with Crippen LogP contribution in [0.25, 0.3) is 10.8 Å². The fourth-order valence-electron chi connectivity index (χ4n) is 4.99. The van der Waals surface area contributed by atoms with Crippen LogP contribution in [0.2, 0.25) is 0 Å². The number of nitriles is 1. The lowest BCUT2D eigenvalue weighted by Crippen LogP contribution is -2.36. The van der Waals surface area contributed by atoms with Gasteiger partial charge in [0.15, 0.2) is 0 Å². The minimum atomic E-state index is -0.584. The Bertz CT molecular complexity index is 1410. The molecule has 0 unspecified atom stereocenters. The zero-order valence-corrected chi connectivity index (χ0v) is 24.8. The number of nitrogens with one attached hydrogen (secondary N) is 4. The molecule has 0 aliphatic carbocycles.